The molecule has 0 radical (unpaired) electrons. The van der Waals surface area contributed by atoms with Gasteiger partial charge in [0.1, 0.15) is 0 Å². The van der Waals surface area contributed by atoms with Gasteiger partial charge in [-0.25, -0.2) is 9.97 Å². The molecule has 0 saturated carbocycles. The van der Waals surface area contributed by atoms with Gasteiger partial charge in [0, 0.05) is 38.4 Å². The van der Waals surface area contributed by atoms with Crippen LogP contribution in [-0.2, 0) is 4.79 Å². The molecule has 2 amide bonds. The maximum Gasteiger partial charge on any atom is 0.273 e. The van der Waals surface area contributed by atoms with Crippen LogP contribution < -0.4 is 11.1 Å². The van der Waals surface area contributed by atoms with Crippen molar-refractivity contribution in [3.8, 4) is 0 Å². The van der Waals surface area contributed by atoms with Crippen LogP contribution in [-0.4, -0.2) is 46.3 Å². The molecule has 21 heavy (non-hydrogen) atoms. The Labute approximate surface area is 123 Å². The summed E-state index contributed by atoms with van der Waals surface area (Å²) in [5, 5.41) is 2.66. The summed E-state index contributed by atoms with van der Waals surface area (Å²) < 4.78 is 0. The highest BCUT2D eigenvalue weighted by molar-refractivity contribution is 5.96. The lowest BCUT2D eigenvalue weighted by Crippen LogP contribution is -2.35. The summed E-state index contributed by atoms with van der Waals surface area (Å²) in [6, 6.07) is 0. The summed E-state index contributed by atoms with van der Waals surface area (Å²) in [6.45, 7) is 1.93. The molecule has 1 aliphatic heterocycles. The van der Waals surface area contributed by atoms with Crippen LogP contribution in [0.3, 0.4) is 0 Å². The van der Waals surface area contributed by atoms with Crippen LogP contribution in [0.5, 0.6) is 0 Å². The maximum atomic E-state index is 12.1. The van der Waals surface area contributed by atoms with E-state index in [1.807, 2.05) is 4.90 Å². The Kier molecular flexibility index (Phi) is 5.48. The lowest BCUT2D eigenvalue weighted by atomic mass is 10.2. The molecule has 7 nitrogen and oxygen atoms in total. The number of carbonyl (C=O) groups is 2. The Morgan fingerprint density at radius 1 is 1.14 bits per heavy atom. The Balaban J connectivity index is 1.77. The number of nitrogens with one attached hydrogen (secondary N) is 1. The molecule has 0 unspecified atom stereocenters. The second-order valence-electron chi connectivity index (χ2n) is 5.09. The summed E-state index contributed by atoms with van der Waals surface area (Å²) >= 11 is 0. The number of nitrogens with two attached hydrogens (primary N) is 1. The van der Waals surface area contributed by atoms with Crippen LogP contribution in [0.1, 0.15) is 42.6 Å². The minimum Gasteiger partial charge on any atom is -0.382 e. The number of carbonyl (C=O) groups excluding carboxylic acids is 2. The fourth-order valence-corrected chi connectivity index (χ4v) is 2.37. The van der Waals surface area contributed by atoms with Crippen LogP contribution >= 0.6 is 0 Å². The second kappa shape index (κ2) is 7.56. The van der Waals surface area contributed by atoms with Crippen LogP contribution in [0.4, 0.5) is 5.82 Å². The van der Waals surface area contributed by atoms with E-state index in [0.717, 1.165) is 25.9 Å². The number of rotatable bonds is 4. The highest BCUT2D eigenvalue weighted by Crippen LogP contribution is 2.10. The molecule has 0 spiro atoms. The molecule has 1 fully saturated rings. The van der Waals surface area contributed by atoms with Crippen molar-refractivity contribution in [1.82, 2.24) is 20.2 Å². The largest absolute Gasteiger partial charge is 0.382 e. The van der Waals surface area contributed by atoms with Gasteiger partial charge in [-0.05, 0) is 12.8 Å². The first-order valence-corrected chi connectivity index (χ1v) is 7.31. The normalized spacial score (nSPS) is 15.3. The fraction of sp³-hybridized carbons (Fsp3) is 0.571. The van der Waals surface area contributed by atoms with Crippen LogP contribution in [0.15, 0.2) is 12.4 Å². The average molecular weight is 291 g/mol. The van der Waals surface area contributed by atoms with E-state index in [1.54, 1.807) is 0 Å². The first-order valence-electron chi connectivity index (χ1n) is 7.31. The molecule has 2 heterocycles. The van der Waals surface area contributed by atoms with Gasteiger partial charge in [0.15, 0.2) is 11.5 Å². The van der Waals surface area contributed by atoms with Crippen molar-refractivity contribution in [1.29, 1.82) is 0 Å². The fourth-order valence-electron chi connectivity index (χ4n) is 2.37. The van der Waals surface area contributed by atoms with Gasteiger partial charge >= 0.3 is 0 Å². The molecule has 0 aromatic carbocycles. The lowest BCUT2D eigenvalue weighted by molar-refractivity contribution is -0.131. The quantitative estimate of drug-likeness (QED) is 0.845. The summed E-state index contributed by atoms with van der Waals surface area (Å²) in [5.41, 5.74) is 5.67. The van der Waals surface area contributed by atoms with E-state index < -0.39 is 5.91 Å². The van der Waals surface area contributed by atoms with Gasteiger partial charge in [-0.3, -0.25) is 9.59 Å². The third-order valence-corrected chi connectivity index (χ3v) is 3.52. The molecule has 1 saturated heterocycles. The molecule has 2 rings (SSSR count). The smallest absolute Gasteiger partial charge is 0.273 e. The number of aromatic nitrogens is 2. The van der Waals surface area contributed by atoms with Crippen molar-refractivity contribution in [2.24, 2.45) is 0 Å². The van der Waals surface area contributed by atoms with Crippen molar-refractivity contribution in [2.75, 3.05) is 25.4 Å². The third-order valence-electron chi connectivity index (χ3n) is 3.52. The zero-order valence-electron chi connectivity index (χ0n) is 12.0. The van der Waals surface area contributed by atoms with E-state index in [2.05, 4.69) is 15.3 Å². The summed E-state index contributed by atoms with van der Waals surface area (Å²) in [5.74, 6) is -0.220. The maximum absolute atomic E-state index is 12.1. The van der Waals surface area contributed by atoms with Gasteiger partial charge in [-0.1, -0.05) is 12.8 Å². The SMILES string of the molecule is Nc1nccnc1C(=O)NCCC(=O)N1CCCCCC1. The van der Waals surface area contributed by atoms with E-state index in [0.29, 0.717) is 6.42 Å². The van der Waals surface area contributed by atoms with Gasteiger partial charge in [-0.15, -0.1) is 0 Å². The van der Waals surface area contributed by atoms with Crippen molar-refractivity contribution in [3.63, 3.8) is 0 Å². The van der Waals surface area contributed by atoms with Crippen LogP contribution in [0, 0.1) is 0 Å². The number of anilines is 1. The minimum atomic E-state index is -0.399. The van der Waals surface area contributed by atoms with Crippen molar-refractivity contribution >= 4 is 17.6 Å². The Morgan fingerprint density at radius 2 is 1.81 bits per heavy atom. The molecule has 1 aliphatic rings. The Hall–Kier alpha value is -2.18. The Morgan fingerprint density at radius 3 is 2.48 bits per heavy atom. The number of likely N-dealkylation sites (tertiary alicyclic amines) is 1. The lowest BCUT2D eigenvalue weighted by Gasteiger charge is -2.20. The highest BCUT2D eigenvalue weighted by atomic mass is 16.2. The molecule has 7 heteroatoms. The topological polar surface area (TPSA) is 101 Å². The van der Waals surface area contributed by atoms with Crippen LogP contribution in [0.25, 0.3) is 0 Å². The number of hydrogen-bond acceptors (Lipinski definition) is 5. The molecule has 114 valence electrons. The van der Waals surface area contributed by atoms with Gasteiger partial charge in [0.2, 0.25) is 5.91 Å². The van der Waals surface area contributed by atoms with Gasteiger partial charge < -0.3 is 16.0 Å². The summed E-state index contributed by atoms with van der Waals surface area (Å²) in [4.78, 5) is 33.5. The molecule has 1 aromatic rings. The molecule has 0 bridgehead atoms. The first-order chi connectivity index (χ1) is 10.2. The zero-order chi connectivity index (χ0) is 15.1. The molecule has 0 aliphatic carbocycles. The predicted molar refractivity (Wildman–Crippen MR) is 78.4 cm³/mol. The molecule has 0 atom stereocenters. The summed E-state index contributed by atoms with van der Waals surface area (Å²) in [7, 11) is 0. The van der Waals surface area contributed by atoms with Crippen molar-refractivity contribution < 1.29 is 9.59 Å². The monoisotopic (exact) mass is 291 g/mol. The van der Waals surface area contributed by atoms with E-state index in [-0.39, 0.29) is 24.0 Å². The van der Waals surface area contributed by atoms with Gasteiger partial charge in [0.25, 0.3) is 5.91 Å². The van der Waals surface area contributed by atoms with Crippen LogP contribution in [0.2, 0.25) is 0 Å². The first kappa shape index (κ1) is 15.2. The van der Waals surface area contributed by atoms with E-state index in [1.165, 1.54) is 25.2 Å². The molecule has 1 aromatic heterocycles. The number of amides is 2. The number of nitrogen functional groups attached to an aromatic ring is 1. The Bertz CT molecular complexity index is 498. The van der Waals surface area contributed by atoms with Gasteiger partial charge in [-0.2, -0.15) is 0 Å². The molecule has 3 N–H and O–H groups in total. The highest BCUT2D eigenvalue weighted by Gasteiger charge is 2.16. The third kappa shape index (κ3) is 4.40. The zero-order valence-corrected chi connectivity index (χ0v) is 12.0. The van der Waals surface area contributed by atoms with Crippen molar-refractivity contribution in [2.45, 2.75) is 32.1 Å². The van der Waals surface area contributed by atoms with E-state index >= 15 is 0 Å². The number of hydrogen-bond donors (Lipinski definition) is 2. The molecular formula is C14H21N5O2. The molecular weight excluding hydrogens is 270 g/mol. The predicted octanol–water partition coefficient (Wildman–Crippen LogP) is 0.581. The minimum absolute atomic E-state index is 0.0873. The number of nitrogens with zero attached hydrogens (tertiary/aromatic N) is 3. The van der Waals surface area contributed by atoms with E-state index in [9.17, 15) is 9.59 Å². The van der Waals surface area contributed by atoms with Gasteiger partial charge in [0.05, 0.1) is 0 Å². The average Bonchev–Trinajstić information content (AvgIpc) is 2.76. The second-order valence-corrected chi connectivity index (χ2v) is 5.09. The summed E-state index contributed by atoms with van der Waals surface area (Å²) in [6.07, 6.45) is 7.63. The standard InChI is InChI=1S/C14H21N5O2/c15-13-12(16-7-8-17-13)14(21)18-6-5-11(20)19-9-3-1-2-4-10-19/h7-8H,1-6,9-10H2,(H2,15,17)(H,18,21). The van der Waals surface area contributed by atoms with Crippen molar-refractivity contribution in [3.05, 3.63) is 18.1 Å². The van der Waals surface area contributed by atoms with E-state index in [4.69, 9.17) is 5.73 Å².